The van der Waals surface area contributed by atoms with Gasteiger partial charge in [-0.2, -0.15) is 0 Å². The number of halogens is 1. The van der Waals surface area contributed by atoms with Crippen molar-refractivity contribution < 1.29 is 9.84 Å². The van der Waals surface area contributed by atoms with Crippen molar-refractivity contribution in [2.45, 2.75) is 82.0 Å². The summed E-state index contributed by atoms with van der Waals surface area (Å²) in [6.07, 6.45) is 8.49. The second-order valence-corrected chi connectivity index (χ2v) is 9.47. The van der Waals surface area contributed by atoms with Crippen LogP contribution < -0.4 is 11.1 Å². The van der Waals surface area contributed by atoms with Gasteiger partial charge in [0.05, 0.1) is 11.2 Å². The largest absolute Gasteiger partial charge is 0.384 e. The van der Waals surface area contributed by atoms with Gasteiger partial charge in [0.1, 0.15) is 11.6 Å². The zero-order valence-electron chi connectivity index (χ0n) is 17.6. The van der Waals surface area contributed by atoms with Crippen LogP contribution in [-0.4, -0.2) is 28.8 Å². The highest BCUT2D eigenvalue weighted by Crippen LogP contribution is 2.53. The van der Waals surface area contributed by atoms with Crippen LogP contribution in [0.3, 0.4) is 0 Å². The Bertz CT molecular complexity index is 777. The van der Waals surface area contributed by atoms with E-state index in [0.29, 0.717) is 6.61 Å². The average Bonchev–Trinajstić information content (AvgIpc) is 2.88. The summed E-state index contributed by atoms with van der Waals surface area (Å²) in [4.78, 5) is 4.56. The Morgan fingerprint density at radius 3 is 2.62 bits per heavy atom. The van der Waals surface area contributed by atoms with E-state index in [1.807, 2.05) is 32.0 Å². The second-order valence-electron chi connectivity index (χ2n) is 8.94. The van der Waals surface area contributed by atoms with Gasteiger partial charge >= 0.3 is 0 Å². The average molecular weight is 420 g/mol. The van der Waals surface area contributed by atoms with Gasteiger partial charge in [-0.3, -0.25) is 5.32 Å². The van der Waals surface area contributed by atoms with Crippen molar-refractivity contribution in [3.8, 4) is 0 Å². The number of aryl methyl sites for hydroxylation is 1. The molecule has 2 fully saturated rings. The molecule has 4 atom stereocenters. The number of fused-ring (bicyclic) bond motifs is 1. The Labute approximate surface area is 179 Å². The molecule has 0 radical (unpaired) electrons. The van der Waals surface area contributed by atoms with E-state index in [9.17, 15) is 5.11 Å². The number of aliphatic hydroxyl groups is 1. The smallest absolute Gasteiger partial charge is 0.155 e. The molecule has 0 spiro atoms. The minimum atomic E-state index is -1.35. The first kappa shape index (κ1) is 21.1. The molecule has 1 saturated heterocycles. The third kappa shape index (κ3) is 3.50. The predicted octanol–water partition coefficient (Wildman–Crippen LogP) is 4.45. The van der Waals surface area contributed by atoms with Gasteiger partial charge < -0.3 is 15.6 Å². The van der Waals surface area contributed by atoms with Gasteiger partial charge in [-0.05, 0) is 45.6 Å². The van der Waals surface area contributed by atoms with E-state index in [1.165, 1.54) is 25.7 Å². The van der Waals surface area contributed by atoms with Crippen LogP contribution in [-0.2, 0) is 10.3 Å². The maximum Gasteiger partial charge on any atom is 0.155 e. The number of ether oxygens (including phenoxy) is 1. The summed E-state index contributed by atoms with van der Waals surface area (Å²) in [7, 11) is 0. The minimum Gasteiger partial charge on any atom is -0.384 e. The number of amidine groups is 1. The molecule has 1 aromatic carbocycles. The first-order valence-corrected chi connectivity index (χ1v) is 11.6. The molecule has 2 aliphatic heterocycles. The summed E-state index contributed by atoms with van der Waals surface area (Å²) in [5.74, 6) is 0.303. The van der Waals surface area contributed by atoms with Gasteiger partial charge in [-0.1, -0.05) is 43.4 Å². The zero-order valence-corrected chi connectivity index (χ0v) is 18.3. The minimum absolute atomic E-state index is 0.179. The number of piperidine rings is 1. The van der Waals surface area contributed by atoms with Crippen LogP contribution in [0.15, 0.2) is 23.2 Å². The predicted molar refractivity (Wildman–Crippen MR) is 117 cm³/mol. The van der Waals surface area contributed by atoms with Crippen LogP contribution in [0.25, 0.3) is 0 Å². The van der Waals surface area contributed by atoms with Gasteiger partial charge in [0, 0.05) is 24.0 Å². The van der Waals surface area contributed by atoms with E-state index >= 15 is 0 Å². The van der Waals surface area contributed by atoms with Crippen molar-refractivity contribution in [2.24, 2.45) is 22.6 Å². The number of aliphatic imine (C=N–C) groups is 1. The molecule has 0 bridgehead atoms. The lowest BCUT2D eigenvalue weighted by molar-refractivity contribution is -0.203. The molecule has 0 aromatic heterocycles. The normalized spacial score (nSPS) is 35.8. The molecule has 3 aliphatic rings. The van der Waals surface area contributed by atoms with Gasteiger partial charge in [0.2, 0.25) is 0 Å². The number of hydrogen-bond acceptors (Lipinski definition) is 5. The third-order valence-corrected chi connectivity index (χ3v) is 7.48. The number of rotatable bonds is 4. The number of benzene rings is 1. The third-order valence-electron chi connectivity index (χ3n) is 7.15. The van der Waals surface area contributed by atoms with Crippen molar-refractivity contribution in [1.82, 2.24) is 5.32 Å². The van der Waals surface area contributed by atoms with E-state index in [4.69, 9.17) is 22.1 Å². The van der Waals surface area contributed by atoms with Crippen LogP contribution in [0.2, 0.25) is 0 Å². The fraction of sp³-hybridized carbons (Fsp3) is 0.696. The molecule has 160 valence electrons. The van der Waals surface area contributed by atoms with Crippen molar-refractivity contribution >= 4 is 23.1 Å². The van der Waals surface area contributed by atoms with Gasteiger partial charge in [0.15, 0.2) is 5.60 Å². The Kier molecular flexibility index (Phi) is 5.95. The molecule has 6 heteroatoms. The Balaban J connectivity index is 1.83. The van der Waals surface area contributed by atoms with Crippen LogP contribution in [0.5, 0.6) is 0 Å². The number of nitrogens with two attached hydrogens (primary N) is 1. The summed E-state index contributed by atoms with van der Waals surface area (Å²) >= 11 is 6.64. The second kappa shape index (κ2) is 8.18. The molecular formula is C23H34ClN3O2. The lowest BCUT2D eigenvalue weighted by atomic mass is 9.65. The summed E-state index contributed by atoms with van der Waals surface area (Å²) in [6, 6.07) is 5.98. The van der Waals surface area contributed by atoms with Crippen molar-refractivity contribution in [3.63, 3.8) is 0 Å². The molecule has 4 N–H and O–H groups in total. The van der Waals surface area contributed by atoms with Crippen molar-refractivity contribution in [2.75, 3.05) is 6.61 Å². The van der Waals surface area contributed by atoms with E-state index < -0.39 is 11.3 Å². The Morgan fingerprint density at radius 1 is 1.21 bits per heavy atom. The molecule has 1 saturated carbocycles. The number of nitrogens with zero attached hydrogens (tertiary/aromatic N) is 1. The molecule has 5 nitrogen and oxygen atoms in total. The van der Waals surface area contributed by atoms with E-state index in [1.54, 1.807) is 0 Å². The lowest BCUT2D eigenvalue weighted by Gasteiger charge is -2.54. The summed E-state index contributed by atoms with van der Waals surface area (Å²) in [5.41, 5.74) is 6.83. The maximum absolute atomic E-state index is 12.2. The van der Waals surface area contributed by atoms with Crippen LogP contribution in [0.4, 0.5) is 5.69 Å². The SMILES string of the molecule is CCOC1(C2CCCCCC2)NC(Cl)CCC1C1(O)C(N)=Nc2ccc(C)cc21. The molecule has 29 heavy (non-hydrogen) atoms. The summed E-state index contributed by atoms with van der Waals surface area (Å²) < 4.78 is 6.55. The van der Waals surface area contributed by atoms with Gasteiger partial charge in [0.25, 0.3) is 0 Å². The van der Waals surface area contributed by atoms with Crippen LogP contribution >= 0.6 is 11.6 Å². The van der Waals surface area contributed by atoms with Gasteiger partial charge in [-0.25, -0.2) is 4.99 Å². The lowest BCUT2D eigenvalue weighted by Crippen LogP contribution is -2.69. The fourth-order valence-electron chi connectivity index (χ4n) is 5.85. The fourth-order valence-corrected chi connectivity index (χ4v) is 6.14. The van der Waals surface area contributed by atoms with Crippen LogP contribution in [0, 0.1) is 18.8 Å². The molecule has 1 aromatic rings. The molecule has 2 heterocycles. The number of hydrogen-bond donors (Lipinski definition) is 3. The maximum atomic E-state index is 12.2. The quantitative estimate of drug-likeness (QED) is 0.382. The molecule has 1 aliphatic carbocycles. The van der Waals surface area contributed by atoms with E-state index in [0.717, 1.165) is 42.5 Å². The van der Waals surface area contributed by atoms with Gasteiger partial charge in [-0.15, -0.1) is 11.6 Å². The Morgan fingerprint density at radius 2 is 1.93 bits per heavy atom. The standard InChI is InChI=1S/C23H34ClN3O2/c1-3-29-23(16-8-6-4-5-7-9-16)19(12-13-20(24)27-23)22(28)17-14-15(2)10-11-18(17)26-21(22)25/h10-11,14,16,19-20,27-28H,3-9,12-13H2,1-2H3,(H2,25,26). The molecular weight excluding hydrogens is 386 g/mol. The van der Waals surface area contributed by atoms with Crippen molar-refractivity contribution in [3.05, 3.63) is 29.3 Å². The highest BCUT2D eigenvalue weighted by Gasteiger charge is 2.61. The highest BCUT2D eigenvalue weighted by molar-refractivity contribution is 6.20. The zero-order chi connectivity index (χ0) is 20.6. The first-order chi connectivity index (χ1) is 13.9. The molecule has 0 amide bonds. The van der Waals surface area contributed by atoms with Crippen LogP contribution in [0.1, 0.15) is 69.4 Å². The van der Waals surface area contributed by atoms with Crippen molar-refractivity contribution in [1.29, 1.82) is 0 Å². The molecule has 4 rings (SSSR count). The summed E-state index contributed by atoms with van der Waals surface area (Å²) in [5, 5.41) is 15.8. The number of nitrogens with one attached hydrogen (secondary N) is 1. The summed E-state index contributed by atoms with van der Waals surface area (Å²) in [6.45, 7) is 4.60. The van der Waals surface area contributed by atoms with E-state index in [-0.39, 0.29) is 23.2 Å². The topological polar surface area (TPSA) is 79.9 Å². The van der Waals surface area contributed by atoms with E-state index in [2.05, 4.69) is 10.3 Å². The first-order valence-electron chi connectivity index (χ1n) is 11.2. The highest BCUT2D eigenvalue weighted by atomic mass is 35.5. The monoisotopic (exact) mass is 419 g/mol. The molecule has 4 unspecified atom stereocenters. The number of alkyl halides is 1. The Hall–Kier alpha value is -1.14.